The third-order valence-corrected chi connectivity index (χ3v) is 4.61. The molecule has 0 bridgehead atoms. The maximum atomic E-state index is 11.4. The summed E-state index contributed by atoms with van der Waals surface area (Å²) in [4.78, 5) is 0.491. The van der Waals surface area contributed by atoms with E-state index in [1.165, 1.54) is 0 Å². The van der Waals surface area contributed by atoms with Crippen LogP contribution in [0.5, 0.6) is 0 Å². The Kier molecular flexibility index (Phi) is 2.09. The lowest BCUT2D eigenvalue weighted by atomic mass is 9.90. The zero-order chi connectivity index (χ0) is 13.0. The van der Waals surface area contributed by atoms with Crippen LogP contribution in [0.2, 0.25) is 0 Å². The van der Waals surface area contributed by atoms with Crippen LogP contribution in [-0.4, -0.2) is 13.3 Å². The van der Waals surface area contributed by atoms with Crippen molar-refractivity contribution in [1.29, 1.82) is 0 Å². The molecule has 0 amide bonds. The molecule has 3 aromatic carbocycles. The van der Waals surface area contributed by atoms with Gasteiger partial charge in [-0.15, -0.1) is 0 Å². The Morgan fingerprint density at radius 2 is 1.58 bits per heavy atom. The highest BCUT2D eigenvalue weighted by molar-refractivity contribution is 7.73. The first-order chi connectivity index (χ1) is 9.25. The maximum absolute atomic E-state index is 11.4. The van der Waals surface area contributed by atoms with Gasteiger partial charge in [0, 0.05) is 12.0 Å². The minimum atomic E-state index is -2.16. The van der Waals surface area contributed by atoms with Crippen molar-refractivity contribution in [1.82, 2.24) is 0 Å². The van der Waals surface area contributed by atoms with E-state index < -0.39 is 10.3 Å². The molecule has 92 valence electrons. The van der Waals surface area contributed by atoms with E-state index in [9.17, 15) is 8.42 Å². The van der Waals surface area contributed by atoms with Gasteiger partial charge >= 0.3 is 0 Å². The molecule has 0 N–H and O–H groups in total. The third-order valence-electron chi connectivity index (χ3n) is 3.82. The van der Waals surface area contributed by atoms with Gasteiger partial charge in [0.15, 0.2) is 0 Å². The first-order valence-corrected chi connectivity index (χ1v) is 7.23. The lowest BCUT2D eigenvalue weighted by Gasteiger charge is -2.14. The summed E-state index contributed by atoms with van der Waals surface area (Å²) in [6, 6.07) is 14.3. The Bertz CT molecular complexity index is 1000. The number of benzene rings is 3. The monoisotopic (exact) mass is 266 g/mol. The molecule has 0 saturated heterocycles. The van der Waals surface area contributed by atoms with E-state index in [-0.39, 0.29) is 0 Å². The smallest absolute Gasteiger partial charge is 0.184 e. The Morgan fingerprint density at radius 3 is 2.32 bits per heavy atom. The highest BCUT2D eigenvalue weighted by atomic mass is 32.2. The normalized spacial score (nSPS) is 13.8. The van der Waals surface area contributed by atoms with Crippen LogP contribution in [0.4, 0.5) is 0 Å². The predicted octanol–water partition coefficient (Wildman–Crippen LogP) is 2.30. The second-order valence-electron chi connectivity index (χ2n) is 4.79. The first kappa shape index (κ1) is 10.8. The van der Waals surface area contributed by atoms with Crippen molar-refractivity contribution in [3.63, 3.8) is 0 Å². The Hall–Kier alpha value is -2.13. The molecular weight excluding hydrogens is 256 g/mol. The zero-order valence-corrected chi connectivity index (χ0v) is 10.9. The molecule has 1 aliphatic rings. The third kappa shape index (κ3) is 1.39. The van der Waals surface area contributed by atoms with Gasteiger partial charge in [-0.25, -0.2) is 0 Å². The van der Waals surface area contributed by atoms with Crippen LogP contribution in [0.15, 0.2) is 42.5 Å². The van der Waals surface area contributed by atoms with E-state index in [0.717, 1.165) is 32.3 Å². The topological polar surface area (TPSA) is 34.1 Å². The second-order valence-corrected chi connectivity index (χ2v) is 5.75. The van der Waals surface area contributed by atoms with Crippen molar-refractivity contribution in [3.8, 4) is 0 Å². The molecule has 0 aliphatic heterocycles. The van der Waals surface area contributed by atoms with Crippen molar-refractivity contribution in [2.75, 3.05) is 0 Å². The molecule has 0 unspecified atom stereocenters. The Balaban J connectivity index is 2.41. The SMILES string of the molecule is O=S(=O)=C1CC=c2ccc3cccc4ccc1c2c43. The molecule has 1 aliphatic carbocycles. The summed E-state index contributed by atoms with van der Waals surface area (Å²) < 4.78 is 22.8. The fourth-order valence-corrected chi connectivity index (χ4v) is 3.55. The van der Waals surface area contributed by atoms with E-state index >= 15 is 0 Å². The summed E-state index contributed by atoms with van der Waals surface area (Å²) in [6.07, 6.45) is 2.48. The van der Waals surface area contributed by atoms with E-state index in [2.05, 4.69) is 24.3 Å². The van der Waals surface area contributed by atoms with Gasteiger partial charge in [0.1, 0.15) is 0 Å². The largest absolute Gasteiger partial charge is 0.218 e. The van der Waals surface area contributed by atoms with Crippen LogP contribution in [0.25, 0.3) is 27.6 Å². The van der Waals surface area contributed by atoms with Crippen molar-refractivity contribution < 1.29 is 8.42 Å². The molecule has 0 heterocycles. The quantitative estimate of drug-likeness (QED) is 0.585. The fourth-order valence-electron chi connectivity index (χ4n) is 2.98. The minimum absolute atomic E-state index is 0.483. The molecule has 3 aromatic rings. The van der Waals surface area contributed by atoms with Gasteiger partial charge in [-0.05, 0) is 26.8 Å². The van der Waals surface area contributed by atoms with Gasteiger partial charge in [0.25, 0.3) is 0 Å². The van der Waals surface area contributed by atoms with Crippen molar-refractivity contribution >= 4 is 42.8 Å². The van der Waals surface area contributed by atoms with Crippen LogP contribution in [0.3, 0.4) is 0 Å². The van der Waals surface area contributed by atoms with E-state index in [1.807, 2.05) is 24.3 Å². The molecule has 0 radical (unpaired) electrons. The highest BCUT2D eigenvalue weighted by Crippen LogP contribution is 2.29. The van der Waals surface area contributed by atoms with Gasteiger partial charge in [-0.1, -0.05) is 48.5 Å². The van der Waals surface area contributed by atoms with Crippen LogP contribution in [0, 0.1) is 0 Å². The fraction of sp³-hybridized carbons (Fsp3) is 0.0625. The van der Waals surface area contributed by atoms with Gasteiger partial charge in [0.2, 0.25) is 10.3 Å². The molecule has 4 rings (SSSR count). The lowest BCUT2D eigenvalue weighted by molar-refractivity contribution is 0.627. The molecule has 3 heteroatoms. The van der Waals surface area contributed by atoms with Crippen LogP contribution in [0.1, 0.15) is 12.0 Å². The van der Waals surface area contributed by atoms with Gasteiger partial charge in [0.05, 0.1) is 4.86 Å². The summed E-state index contributed by atoms with van der Waals surface area (Å²) in [5, 5.41) is 5.68. The highest BCUT2D eigenvalue weighted by Gasteiger charge is 2.16. The summed E-state index contributed by atoms with van der Waals surface area (Å²) in [7, 11) is -2.16. The van der Waals surface area contributed by atoms with Crippen molar-refractivity contribution in [3.05, 3.63) is 53.2 Å². The minimum Gasteiger partial charge on any atom is -0.184 e. The molecule has 0 atom stereocenters. The van der Waals surface area contributed by atoms with Gasteiger partial charge < -0.3 is 0 Å². The van der Waals surface area contributed by atoms with Crippen molar-refractivity contribution in [2.45, 2.75) is 6.42 Å². The van der Waals surface area contributed by atoms with Gasteiger partial charge in [-0.3, -0.25) is 0 Å². The Morgan fingerprint density at radius 1 is 0.842 bits per heavy atom. The Labute approximate surface area is 111 Å². The molecule has 0 saturated carbocycles. The summed E-state index contributed by atoms with van der Waals surface area (Å²) in [5.41, 5.74) is 0.857. The molecule has 0 aromatic heterocycles. The van der Waals surface area contributed by atoms with Crippen LogP contribution in [-0.2, 0) is 10.3 Å². The maximum Gasteiger partial charge on any atom is 0.218 e. The number of hydrogen-bond donors (Lipinski definition) is 0. The molecular formula is C16H10O2S. The summed E-state index contributed by atoms with van der Waals surface area (Å²) in [6.45, 7) is 0. The number of hydrogen-bond acceptors (Lipinski definition) is 2. The standard InChI is InChI=1S/C16H10O2S/c17-19(18)14-9-7-12-5-4-10-2-1-3-11-6-8-13(14)16(12)15(10)11/h1-8H,9H2. The van der Waals surface area contributed by atoms with E-state index in [4.69, 9.17) is 0 Å². The summed E-state index contributed by atoms with van der Waals surface area (Å²) in [5.74, 6) is 0. The second kappa shape index (κ2) is 3.68. The average molecular weight is 266 g/mol. The predicted molar refractivity (Wildman–Crippen MR) is 78.8 cm³/mol. The summed E-state index contributed by atoms with van der Waals surface area (Å²) >= 11 is 0. The molecule has 0 fully saturated rings. The first-order valence-electron chi connectivity index (χ1n) is 6.15. The van der Waals surface area contributed by atoms with E-state index in [1.54, 1.807) is 0 Å². The van der Waals surface area contributed by atoms with Gasteiger partial charge in [-0.2, -0.15) is 8.42 Å². The lowest BCUT2D eigenvalue weighted by Crippen LogP contribution is -2.16. The van der Waals surface area contributed by atoms with Crippen molar-refractivity contribution in [2.24, 2.45) is 0 Å². The van der Waals surface area contributed by atoms with Crippen LogP contribution < -0.4 is 5.22 Å². The molecule has 0 spiro atoms. The van der Waals surface area contributed by atoms with E-state index in [0.29, 0.717) is 11.3 Å². The zero-order valence-electron chi connectivity index (χ0n) is 10.1. The number of rotatable bonds is 0. The molecule has 2 nitrogen and oxygen atoms in total. The molecule has 19 heavy (non-hydrogen) atoms. The van der Waals surface area contributed by atoms with Crippen LogP contribution >= 0.6 is 0 Å². The average Bonchev–Trinajstić information content (AvgIpc) is 2.44.